The number of amides is 1. The van der Waals surface area contributed by atoms with Crippen molar-refractivity contribution in [2.24, 2.45) is 5.92 Å². The van der Waals surface area contributed by atoms with Gasteiger partial charge in [-0.15, -0.1) is 0 Å². The Kier molecular flexibility index (Phi) is 6.36. The molecule has 1 aromatic carbocycles. The molecular weight excluding hydrogens is 294 g/mol. The molecule has 0 heterocycles. The van der Waals surface area contributed by atoms with Gasteiger partial charge in [0.05, 0.1) is 5.92 Å². The van der Waals surface area contributed by atoms with Crippen LogP contribution in [0.25, 0.3) is 0 Å². The zero-order valence-electron chi connectivity index (χ0n) is 11.8. The lowest BCUT2D eigenvalue weighted by Gasteiger charge is -2.13. The monoisotopic (exact) mass is 313 g/mol. The van der Waals surface area contributed by atoms with Crippen LogP contribution in [0, 0.1) is 5.92 Å². The molecule has 0 radical (unpaired) electrons. The SMILES string of the molecule is CCS(=O)(=O)CC(=O)NCC(Cc1ccccc1)C(=O)O. The standard InChI is InChI=1S/C14H19NO5S/c1-2-21(19,20)10-13(16)15-9-12(14(17)18)8-11-6-4-3-5-7-11/h3-7,12H,2,8-10H2,1H3,(H,15,16)(H,17,18). The van der Waals surface area contributed by atoms with Gasteiger partial charge in [-0.2, -0.15) is 0 Å². The highest BCUT2D eigenvalue weighted by molar-refractivity contribution is 7.92. The smallest absolute Gasteiger partial charge is 0.308 e. The van der Waals surface area contributed by atoms with Crippen LogP contribution in [-0.4, -0.2) is 43.5 Å². The van der Waals surface area contributed by atoms with Crippen LogP contribution in [0.5, 0.6) is 0 Å². The number of carbonyl (C=O) groups excluding carboxylic acids is 1. The molecule has 1 atom stereocenters. The van der Waals surface area contributed by atoms with E-state index < -0.39 is 33.4 Å². The second-order valence-electron chi connectivity index (χ2n) is 4.71. The Morgan fingerprint density at radius 1 is 1.24 bits per heavy atom. The number of rotatable bonds is 8. The molecule has 1 rings (SSSR count). The molecule has 7 heteroatoms. The van der Waals surface area contributed by atoms with E-state index in [1.54, 1.807) is 24.3 Å². The van der Waals surface area contributed by atoms with Crippen LogP contribution in [0.1, 0.15) is 12.5 Å². The highest BCUT2D eigenvalue weighted by Gasteiger charge is 2.20. The fraction of sp³-hybridized carbons (Fsp3) is 0.429. The quantitative estimate of drug-likeness (QED) is 0.727. The summed E-state index contributed by atoms with van der Waals surface area (Å²) in [4.78, 5) is 22.7. The average molecular weight is 313 g/mol. The molecule has 0 saturated carbocycles. The van der Waals surface area contributed by atoms with Crippen molar-refractivity contribution in [1.29, 1.82) is 0 Å². The van der Waals surface area contributed by atoms with E-state index in [1.807, 2.05) is 6.07 Å². The highest BCUT2D eigenvalue weighted by Crippen LogP contribution is 2.08. The summed E-state index contributed by atoms with van der Waals surface area (Å²) in [5.74, 6) is -3.22. The second-order valence-corrected chi connectivity index (χ2v) is 7.06. The summed E-state index contributed by atoms with van der Waals surface area (Å²) in [5, 5.41) is 11.5. The van der Waals surface area contributed by atoms with Gasteiger partial charge >= 0.3 is 5.97 Å². The molecule has 116 valence electrons. The van der Waals surface area contributed by atoms with E-state index in [1.165, 1.54) is 6.92 Å². The zero-order valence-corrected chi connectivity index (χ0v) is 12.6. The number of aliphatic carboxylic acids is 1. The molecule has 0 aromatic heterocycles. The minimum Gasteiger partial charge on any atom is -0.481 e. The van der Waals surface area contributed by atoms with Crippen molar-refractivity contribution >= 4 is 21.7 Å². The van der Waals surface area contributed by atoms with E-state index in [0.29, 0.717) is 0 Å². The van der Waals surface area contributed by atoms with Crippen molar-refractivity contribution in [2.45, 2.75) is 13.3 Å². The van der Waals surface area contributed by atoms with Gasteiger partial charge in [0.15, 0.2) is 9.84 Å². The number of sulfone groups is 1. The van der Waals surface area contributed by atoms with Gasteiger partial charge in [-0.05, 0) is 12.0 Å². The van der Waals surface area contributed by atoms with Crippen LogP contribution in [0.3, 0.4) is 0 Å². The molecule has 0 aliphatic rings. The predicted octanol–water partition coefficient (Wildman–Crippen LogP) is 0.481. The average Bonchev–Trinajstić information content (AvgIpc) is 2.43. The van der Waals surface area contributed by atoms with Gasteiger partial charge < -0.3 is 10.4 Å². The van der Waals surface area contributed by atoms with Gasteiger partial charge in [0, 0.05) is 12.3 Å². The second kappa shape index (κ2) is 7.78. The number of hydrogen-bond acceptors (Lipinski definition) is 4. The summed E-state index contributed by atoms with van der Waals surface area (Å²) in [6.45, 7) is 1.36. The largest absolute Gasteiger partial charge is 0.481 e. The predicted molar refractivity (Wildman–Crippen MR) is 78.6 cm³/mol. The first-order valence-corrected chi connectivity index (χ1v) is 8.40. The minimum absolute atomic E-state index is 0.0949. The number of carboxylic acid groups (broad SMARTS) is 1. The summed E-state index contributed by atoms with van der Waals surface area (Å²) >= 11 is 0. The normalized spacial score (nSPS) is 12.6. The van der Waals surface area contributed by atoms with E-state index in [9.17, 15) is 18.0 Å². The number of carboxylic acids is 1. The Morgan fingerprint density at radius 3 is 2.38 bits per heavy atom. The van der Waals surface area contributed by atoms with E-state index >= 15 is 0 Å². The minimum atomic E-state index is -3.41. The third kappa shape index (κ3) is 6.40. The molecule has 0 fully saturated rings. The number of carbonyl (C=O) groups is 2. The van der Waals surface area contributed by atoms with Gasteiger partial charge in [0.1, 0.15) is 5.75 Å². The van der Waals surface area contributed by atoms with E-state index in [4.69, 9.17) is 5.11 Å². The maximum atomic E-state index is 11.5. The molecule has 1 unspecified atom stereocenters. The third-order valence-corrected chi connectivity index (χ3v) is 4.59. The molecule has 6 nitrogen and oxygen atoms in total. The van der Waals surface area contributed by atoms with Gasteiger partial charge in [-0.25, -0.2) is 8.42 Å². The van der Waals surface area contributed by atoms with Crippen LogP contribution in [0.15, 0.2) is 30.3 Å². The van der Waals surface area contributed by atoms with Crippen LogP contribution in [0.4, 0.5) is 0 Å². The molecule has 1 aromatic rings. The van der Waals surface area contributed by atoms with Gasteiger partial charge in [-0.3, -0.25) is 9.59 Å². The van der Waals surface area contributed by atoms with Gasteiger partial charge in [0.25, 0.3) is 0 Å². The molecule has 1 amide bonds. The Hall–Kier alpha value is -1.89. The molecule has 2 N–H and O–H groups in total. The molecule has 0 aliphatic carbocycles. The summed E-state index contributed by atoms with van der Waals surface area (Å²) in [5.41, 5.74) is 0.848. The number of benzene rings is 1. The molecular formula is C14H19NO5S. The molecule has 0 aliphatic heterocycles. The summed E-state index contributed by atoms with van der Waals surface area (Å²) in [6.07, 6.45) is 0.275. The van der Waals surface area contributed by atoms with Crippen LogP contribution in [-0.2, 0) is 25.8 Å². The van der Waals surface area contributed by atoms with Crippen molar-refractivity contribution < 1.29 is 23.1 Å². The van der Waals surface area contributed by atoms with Crippen molar-refractivity contribution in [2.75, 3.05) is 18.1 Å². The maximum Gasteiger partial charge on any atom is 0.308 e. The van der Waals surface area contributed by atoms with Crippen LogP contribution in [0.2, 0.25) is 0 Å². The number of nitrogens with one attached hydrogen (secondary N) is 1. The molecule has 0 saturated heterocycles. The fourth-order valence-electron chi connectivity index (χ4n) is 1.74. The maximum absolute atomic E-state index is 11.5. The fourth-order valence-corrected chi connectivity index (χ4v) is 2.44. The van der Waals surface area contributed by atoms with Crippen LogP contribution >= 0.6 is 0 Å². The summed E-state index contributed by atoms with van der Waals surface area (Å²) in [7, 11) is -3.41. The van der Waals surface area contributed by atoms with Crippen molar-refractivity contribution in [3.63, 3.8) is 0 Å². The Morgan fingerprint density at radius 2 is 1.86 bits per heavy atom. The molecule has 0 bridgehead atoms. The Labute approximate surface area is 124 Å². The van der Waals surface area contributed by atoms with E-state index in [-0.39, 0.29) is 18.7 Å². The van der Waals surface area contributed by atoms with Gasteiger partial charge in [0.2, 0.25) is 5.91 Å². The van der Waals surface area contributed by atoms with Crippen molar-refractivity contribution in [3.05, 3.63) is 35.9 Å². The Balaban J connectivity index is 2.56. The van der Waals surface area contributed by atoms with E-state index in [0.717, 1.165) is 5.56 Å². The Bertz CT molecular complexity index is 583. The lowest BCUT2D eigenvalue weighted by molar-refractivity contribution is -0.141. The number of hydrogen-bond donors (Lipinski definition) is 2. The van der Waals surface area contributed by atoms with E-state index in [2.05, 4.69) is 5.32 Å². The highest BCUT2D eigenvalue weighted by atomic mass is 32.2. The molecule has 0 spiro atoms. The molecule has 21 heavy (non-hydrogen) atoms. The van der Waals surface area contributed by atoms with Gasteiger partial charge in [-0.1, -0.05) is 37.3 Å². The van der Waals surface area contributed by atoms with Crippen molar-refractivity contribution in [1.82, 2.24) is 5.32 Å². The van der Waals surface area contributed by atoms with Crippen LogP contribution < -0.4 is 5.32 Å². The first kappa shape index (κ1) is 17.2. The third-order valence-electron chi connectivity index (χ3n) is 3.01. The topological polar surface area (TPSA) is 101 Å². The summed E-state index contributed by atoms with van der Waals surface area (Å²) in [6, 6.07) is 9.05. The zero-order chi connectivity index (χ0) is 15.9. The first-order valence-electron chi connectivity index (χ1n) is 6.58. The lowest BCUT2D eigenvalue weighted by Crippen LogP contribution is -2.37. The lowest BCUT2D eigenvalue weighted by atomic mass is 9.99. The first-order chi connectivity index (χ1) is 9.84. The summed E-state index contributed by atoms with van der Waals surface area (Å²) < 4.78 is 22.6. The van der Waals surface area contributed by atoms with Crippen molar-refractivity contribution in [3.8, 4) is 0 Å².